The van der Waals surface area contributed by atoms with E-state index in [1.165, 1.54) is 34.9 Å². The minimum absolute atomic E-state index is 0.0209. The van der Waals surface area contributed by atoms with Gasteiger partial charge in [-0.05, 0) is 41.0 Å². The average Bonchev–Trinajstić information content (AvgIpc) is 3.65. The number of rotatable bonds is 10. The normalized spacial score (nSPS) is 11.9. The Labute approximate surface area is 248 Å². The summed E-state index contributed by atoms with van der Waals surface area (Å²) in [6, 6.07) is 17.4. The molecule has 2 aromatic heterocycles. The van der Waals surface area contributed by atoms with Crippen LogP contribution in [0.3, 0.4) is 0 Å². The summed E-state index contributed by atoms with van der Waals surface area (Å²) in [5.74, 6) is -1.17. The van der Waals surface area contributed by atoms with E-state index in [0.29, 0.717) is 35.4 Å². The summed E-state index contributed by atoms with van der Waals surface area (Å²) >= 11 is 0. The van der Waals surface area contributed by atoms with Crippen LogP contribution < -0.4 is 10.4 Å². The number of benzene rings is 3. The number of aryl methyl sites for hydroxylation is 1. The van der Waals surface area contributed by atoms with Crippen LogP contribution in [0.5, 0.6) is 0 Å². The van der Waals surface area contributed by atoms with Crippen molar-refractivity contribution in [2.24, 2.45) is 0 Å². The molecule has 1 amide bonds. The van der Waals surface area contributed by atoms with Gasteiger partial charge in [0.25, 0.3) is 15.8 Å². The fourth-order valence-corrected chi connectivity index (χ4v) is 5.74. The van der Waals surface area contributed by atoms with Crippen LogP contribution in [0.25, 0.3) is 16.8 Å². The highest BCUT2D eigenvalue weighted by molar-refractivity contribution is 7.90. The molecule has 0 radical (unpaired) electrons. The van der Waals surface area contributed by atoms with Gasteiger partial charge < -0.3 is 0 Å². The molecule has 0 fully saturated rings. The van der Waals surface area contributed by atoms with Crippen molar-refractivity contribution in [1.29, 1.82) is 0 Å². The number of carbonyl (C=O) groups is 1. The second-order valence-corrected chi connectivity index (χ2v) is 11.3. The van der Waals surface area contributed by atoms with Gasteiger partial charge >= 0.3 is 17.8 Å². The lowest BCUT2D eigenvalue weighted by atomic mass is 10.0. The number of carbonyl (C=O) groups excluding carboxylic acids is 1. The molecule has 0 aliphatic rings. The highest BCUT2D eigenvalue weighted by Gasteiger charge is 2.35. The van der Waals surface area contributed by atoms with E-state index in [9.17, 15) is 31.2 Å². The third kappa shape index (κ3) is 6.29. The molecule has 0 atom stereocenters. The molecule has 3 aromatic carbocycles. The molecule has 0 bridgehead atoms. The molecule has 0 aliphatic heterocycles. The highest BCUT2D eigenvalue weighted by Crippen LogP contribution is 2.33. The van der Waals surface area contributed by atoms with E-state index < -0.39 is 39.2 Å². The topological polar surface area (TPSA) is 158 Å². The van der Waals surface area contributed by atoms with Crippen molar-refractivity contribution in [3.63, 3.8) is 0 Å². The van der Waals surface area contributed by atoms with Crippen molar-refractivity contribution in [2.75, 3.05) is 0 Å². The van der Waals surface area contributed by atoms with Gasteiger partial charge in [-0.1, -0.05) is 67.9 Å². The number of nitrogens with zero attached hydrogens (tertiary/aromatic N) is 6. The van der Waals surface area contributed by atoms with Crippen molar-refractivity contribution >= 4 is 15.9 Å². The first-order valence-corrected chi connectivity index (χ1v) is 14.8. The Morgan fingerprint density at radius 3 is 2.39 bits per heavy atom. The number of H-pyrrole nitrogens is 1. The third-order valence-corrected chi connectivity index (χ3v) is 8.08. The summed E-state index contributed by atoms with van der Waals surface area (Å²) < 4.78 is 71.3. The summed E-state index contributed by atoms with van der Waals surface area (Å²) in [5.41, 5.74) is -0.630. The first-order chi connectivity index (χ1) is 21.0. The lowest BCUT2D eigenvalue weighted by Gasteiger charge is -2.12. The molecule has 0 aliphatic carbocycles. The second kappa shape index (κ2) is 12.2. The van der Waals surface area contributed by atoms with Crippen LogP contribution in [0.1, 0.15) is 47.3 Å². The van der Waals surface area contributed by atoms with Gasteiger partial charge in [0.2, 0.25) is 0 Å². The van der Waals surface area contributed by atoms with E-state index in [0.717, 1.165) is 17.2 Å². The second-order valence-electron chi connectivity index (χ2n) is 9.68. The van der Waals surface area contributed by atoms with E-state index in [4.69, 9.17) is 0 Å². The molecule has 2 heterocycles. The van der Waals surface area contributed by atoms with Gasteiger partial charge in [0.15, 0.2) is 0 Å². The molecule has 5 aromatic rings. The molecular formula is C28H25F3N8O4S. The standard InChI is InChI=1S/C28H25F3N8O4S/c1-2-3-12-24-34-39(22-10-6-5-9-21(22)28(29,30)31)27(41)38(24)17-18-13-15-19(16-14-18)20-8-4-7-11-23(20)44(42,43)35-26(40)25-32-36-37-33-25/h4-11,13-16H,2-3,12,17H2,1H3,(H,35,40)(H,32,33,36,37). The van der Waals surface area contributed by atoms with E-state index in [1.54, 1.807) is 36.4 Å². The van der Waals surface area contributed by atoms with Gasteiger partial charge in [0.05, 0.1) is 22.7 Å². The number of nitrogens with one attached hydrogen (secondary N) is 2. The van der Waals surface area contributed by atoms with Crippen molar-refractivity contribution in [1.82, 2.24) is 39.7 Å². The van der Waals surface area contributed by atoms with E-state index >= 15 is 0 Å². The number of hydrogen-bond acceptors (Lipinski definition) is 8. The Kier molecular flexibility index (Phi) is 8.44. The molecule has 228 valence electrons. The van der Waals surface area contributed by atoms with Crippen LogP contribution in [0, 0.1) is 0 Å². The number of tetrazole rings is 1. The highest BCUT2D eigenvalue weighted by atomic mass is 32.2. The van der Waals surface area contributed by atoms with Gasteiger partial charge in [-0.2, -0.15) is 23.1 Å². The van der Waals surface area contributed by atoms with Crippen LogP contribution in [-0.4, -0.2) is 49.3 Å². The van der Waals surface area contributed by atoms with Gasteiger partial charge in [0, 0.05) is 12.0 Å². The molecule has 0 spiro atoms. The van der Waals surface area contributed by atoms with Crippen LogP contribution in [0.4, 0.5) is 13.2 Å². The molecule has 44 heavy (non-hydrogen) atoms. The Bertz CT molecular complexity index is 1950. The zero-order chi connectivity index (χ0) is 31.5. The molecule has 0 saturated carbocycles. The van der Waals surface area contributed by atoms with Crippen LogP contribution >= 0.6 is 0 Å². The van der Waals surface area contributed by atoms with Crippen molar-refractivity contribution < 1.29 is 26.4 Å². The predicted molar refractivity (Wildman–Crippen MR) is 151 cm³/mol. The third-order valence-electron chi connectivity index (χ3n) is 6.69. The number of sulfonamides is 1. The van der Waals surface area contributed by atoms with Crippen LogP contribution in [-0.2, 0) is 29.2 Å². The van der Waals surface area contributed by atoms with Crippen molar-refractivity contribution in [2.45, 2.75) is 43.8 Å². The average molecular weight is 627 g/mol. The minimum Gasteiger partial charge on any atom is -0.274 e. The first-order valence-electron chi connectivity index (χ1n) is 13.3. The predicted octanol–water partition coefficient (Wildman–Crippen LogP) is 3.74. The van der Waals surface area contributed by atoms with Gasteiger partial charge in [-0.15, -0.1) is 15.3 Å². The Balaban J connectivity index is 1.46. The number of amides is 1. The molecule has 0 saturated heterocycles. The van der Waals surface area contributed by atoms with Crippen molar-refractivity contribution in [3.05, 3.63) is 106 Å². The van der Waals surface area contributed by atoms with Crippen molar-refractivity contribution in [3.8, 4) is 16.8 Å². The van der Waals surface area contributed by atoms with Gasteiger partial charge in [-0.3, -0.25) is 9.36 Å². The summed E-state index contributed by atoms with van der Waals surface area (Å²) in [6.45, 7) is 1.97. The quantitative estimate of drug-likeness (QED) is 0.237. The Hall–Kier alpha value is -5.12. The number of halogens is 3. The Morgan fingerprint density at radius 1 is 1.00 bits per heavy atom. The number of alkyl halides is 3. The molecule has 5 rings (SSSR count). The minimum atomic E-state index is -4.68. The fourth-order valence-electron chi connectivity index (χ4n) is 4.56. The lowest BCUT2D eigenvalue weighted by molar-refractivity contribution is -0.137. The smallest absolute Gasteiger partial charge is 0.274 e. The first kappa shape index (κ1) is 30.3. The van der Waals surface area contributed by atoms with E-state index in [-0.39, 0.29) is 17.1 Å². The SMILES string of the molecule is CCCCc1nn(-c2ccccc2C(F)(F)F)c(=O)n1Cc1ccc(-c2ccccc2S(=O)(=O)NC(=O)c2nn[nH]n2)cc1. The monoisotopic (exact) mass is 626 g/mol. The molecule has 12 nitrogen and oxygen atoms in total. The summed E-state index contributed by atoms with van der Waals surface area (Å²) in [6.07, 6.45) is -2.85. The summed E-state index contributed by atoms with van der Waals surface area (Å²) in [4.78, 5) is 25.5. The number of aromatic amines is 1. The van der Waals surface area contributed by atoms with Crippen LogP contribution in [0.15, 0.2) is 82.5 Å². The molecular weight excluding hydrogens is 601 g/mol. The number of unbranched alkanes of at least 4 members (excludes halogenated alkanes) is 1. The number of para-hydroxylation sites is 1. The maximum Gasteiger partial charge on any atom is 0.418 e. The fraction of sp³-hybridized carbons (Fsp3) is 0.214. The van der Waals surface area contributed by atoms with E-state index in [1.807, 2.05) is 11.6 Å². The zero-order valence-corrected chi connectivity index (χ0v) is 23.9. The van der Waals surface area contributed by atoms with Gasteiger partial charge in [0.1, 0.15) is 5.82 Å². The number of aromatic nitrogens is 7. The maximum atomic E-state index is 13.7. The lowest BCUT2D eigenvalue weighted by Crippen LogP contribution is -2.31. The zero-order valence-electron chi connectivity index (χ0n) is 23.1. The molecule has 2 N–H and O–H groups in total. The summed E-state index contributed by atoms with van der Waals surface area (Å²) in [5, 5.41) is 16.6. The van der Waals surface area contributed by atoms with E-state index in [2.05, 4.69) is 25.7 Å². The number of hydrogen-bond donors (Lipinski definition) is 2. The largest absolute Gasteiger partial charge is 0.418 e. The Morgan fingerprint density at radius 2 is 1.70 bits per heavy atom. The van der Waals surface area contributed by atoms with Crippen LogP contribution in [0.2, 0.25) is 0 Å². The molecule has 16 heteroatoms. The summed E-state index contributed by atoms with van der Waals surface area (Å²) in [7, 11) is -4.34. The maximum absolute atomic E-state index is 13.7. The molecule has 0 unspecified atom stereocenters. The van der Waals surface area contributed by atoms with Gasteiger partial charge in [-0.25, -0.2) is 17.9 Å².